The zero-order valence-corrected chi connectivity index (χ0v) is 11.0. The number of aryl methyl sites for hydroxylation is 1. The summed E-state index contributed by atoms with van der Waals surface area (Å²) in [5, 5.41) is 1.92. The lowest BCUT2D eigenvalue weighted by Gasteiger charge is -2.33. The SMILES string of the molecule is CCc1cccc(N2CCC(COC)C(=O)N2)c1. The smallest absolute Gasteiger partial charge is 0.243 e. The van der Waals surface area contributed by atoms with Crippen molar-refractivity contribution in [1.82, 2.24) is 5.43 Å². The number of hydrogen-bond acceptors (Lipinski definition) is 3. The van der Waals surface area contributed by atoms with Gasteiger partial charge in [0, 0.05) is 13.7 Å². The minimum atomic E-state index is -0.0272. The van der Waals surface area contributed by atoms with Gasteiger partial charge in [0.15, 0.2) is 0 Å². The van der Waals surface area contributed by atoms with E-state index in [4.69, 9.17) is 4.74 Å². The van der Waals surface area contributed by atoms with Crippen LogP contribution in [0.15, 0.2) is 24.3 Å². The van der Waals surface area contributed by atoms with Crippen LogP contribution in [0, 0.1) is 5.92 Å². The van der Waals surface area contributed by atoms with Crippen molar-refractivity contribution in [1.29, 1.82) is 0 Å². The maximum atomic E-state index is 11.9. The Balaban J connectivity index is 2.05. The fraction of sp³-hybridized carbons (Fsp3) is 0.500. The molecule has 0 radical (unpaired) electrons. The Labute approximate surface area is 108 Å². The Kier molecular flexibility index (Phi) is 4.20. The molecule has 1 aromatic carbocycles. The number of carbonyl (C=O) groups excluding carboxylic acids is 1. The van der Waals surface area contributed by atoms with Gasteiger partial charge in [0.05, 0.1) is 18.2 Å². The second-order valence-electron chi connectivity index (χ2n) is 4.59. The largest absolute Gasteiger partial charge is 0.384 e. The molecule has 1 fully saturated rings. The van der Waals surface area contributed by atoms with Crippen LogP contribution >= 0.6 is 0 Å². The summed E-state index contributed by atoms with van der Waals surface area (Å²) in [5.74, 6) is 0.0191. The number of rotatable bonds is 4. The van der Waals surface area contributed by atoms with Crippen LogP contribution in [-0.4, -0.2) is 26.2 Å². The molecule has 0 spiro atoms. The highest BCUT2D eigenvalue weighted by molar-refractivity contribution is 5.81. The lowest BCUT2D eigenvalue weighted by Crippen LogP contribution is -2.52. The predicted molar refractivity (Wildman–Crippen MR) is 71.3 cm³/mol. The average molecular weight is 248 g/mol. The maximum Gasteiger partial charge on any atom is 0.243 e. The number of nitrogens with one attached hydrogen (secondary N) is 1. The van der Waals surface area contributed by atoms with E-state index in [9.17, 15) is 4.79 Å². The van der Waals surface area contributed by atoms with Crippen LogP contribution < -0.4 is 10.4 Å². The van der Waals surface area contributed by atoms with Gasteiger partial charge >= 0.3 is 0 Å². The molecule has 1 aromatic rings. The molecule has 1 N–H and O–H groups in total. The van der Waals surface area contributed by atoms with E-state index in [1.165, 1.54) is 5.56 Å². The molecule has 0 bridgehead atoms. The summed E-state index contributed by atoms with van der Waals surface area (Å²) in [4.78, 5) is 11.9. The molecule has 4 heteroatoms. The summed E-state index contributed by atoms with van der Waals surface area (Å²) in [6.45, 7) is 3.45. The van der Waals surface area contributed by atoms with E-state index in [0.29, 0.717) is 6.61 Å². The van der Waals surface area contributed by atoms with Gasteiger partial charge in [0.25, 0.3) is 0 Å². The number of benzene rings is 1. The number of amides is 1. The summed E-state index contributed by atoms with van der Waals surface area (Å²) in [6.07, 6.45) is 1.83. The molecule has 1 aliphatic heterocycles. The monoisotopic (exact) mass is 248 g/mol. The molecule has 1 unspecified atom stereocenters. The van der Waals surface area contributed by atoms with Gasteiger partial charge in [-0.1, -0.05) is 19.1 Å². The first kappa shape index (κ1) is 12.9. The van der Waals surface area contributed by atoms with Crippen molar-refractivity contribution < 1.29 is 9.53 Å². The van der Waals surface area contributed by atoms with Gasteiger partial charge in [-0.15, -0.1) is 0 Å². The van der Waals surface area contributed by atoms with Crippen LogP contribution in [0.4, 0.5) is 5.69 Å². The molecule has 18 heavy (non-hydrogen) atoms. The topological polar surface area (TPSA) is 41.6 Å². The molecule has 1 saturated heterocycles. The van der Waals surface area contributed by atoms with E-state index in [0.717, 1.165) is 25.1 Å². The van der Waals surface area contributed by atoms with Crippen molar-refractivity contribution in [2.45, 2.75) is 19.8 Å². The van der Waals surface area contributed by atoms with E-state index in [1.54, 1.807) is 7.11 Å². The van der Waals surface area contributed by atoms with E-state index in [2.05, 4.69) is 24.5 Å². The highest BCUT2D eigenvalue weighted by Crippen LogP contribution is 2.20. The third kappa shape index (κ3) is 2.82. The average Bonchev–Trinajstić information content (AvgIpc) is 2.41. The third-order valence-corrected chi connectivity index (χ3v) is 3.32. The predicted octanol–water partition coefficient (Wildman–Crippen LogP) is 1.75. The van der Waals surface area contributed by atoms with Crippen LogP contribution in [0.1, 0.15) is 18.9 Å². The summed E-state index contributed by atoms with van der Waals surface area (Å²) < 4.78 is 5.05. The number of carbonyl (C=O) groups is 1. The lowest BCUT2D eigenvalue weighted by atomic mass is 10.0. The Morgan fingerprint density at radius 3 is 3.00 bits per heavy atom. The zero-order chi connectivity index (χ0) is 13.0. The minimum Gasteiger partial charge on any atom is -0.384 e. The van der Waals surface area contributed by atoms with Crippen molar-refractivity contribution in [3.63, 3.8) is 0 Å². The zero-order valence-electron chi connectivity index (χ0n) is 11.0. The molecule has 1 atom stereocenters. The van der Waals surface area contributed by atoms with Gasteiger partial charge in [-0.25, -0.2) is 0 Å². The van der Waals surface area contributed by atoms with Gasteiger partial charge in [-0.05, 0) is 30.5 Å². The Morgan fingerprint density at radius 1 is 1.50 bits per heavy atom. The Morgan fingerprint density at radius 2 is 2.33 bits per heavy atom. The molecular formula is C14H20N2O2. The third-order valence-electron chi connectivity index (χ3n) is 3.32. The van der Waals surface area contributed by atoms with Crippen LogP contribution in [0.25, 0.3) is 0 Å². The fourth-order valence-electron chi connectivity index (χ4n) is 2.19. The lowest BCUT2D eigenvalue weighted by molar-refractivity contribution is -0.128. The maximum absolute atomic E-state index is 11.9. The Hall–Kier alpha value is -1.55. The van der Waals surface area contributed by atoms with Crippen molar-refractivity contribution in [3.8, 4) is 0 Å². The molecule has 98 valence electrons. The van der Waals surface area contributed by atoms with Gasteiger partial charge < -0.3 is 4.74 Å². The number of hydrogen-bond donors (Lipinski definition) is 1. The van der Waals surface area contributed by atoms with Gasteiger partial charge in [0.1, 0.15) is 0 Å². The standard InChI is InChI=1S/C14H20N2O2/c1-3-11-5-4-6-13(9-11)16-8-7-12(10-18-2)14(17)15-16/h4-6,9,12H,3,7-8,10H2,1-2H3,(H,15,17). The number of hydrazine groups is 1. The molecular weight excluding hydrogens is 228 g/mol. The summed E-state index contributed by atoms with van der Waals surface area (Å²) in [7, 11) is 1.63. The Bertz CT molecular complexity index is 420. The van der Waals surface area contributed by atoms with Gasteiger partial charge in [0.2, 0.25) is 5.91 Å². The number of methoxy groups -OCH3 is 1. The first-order chi connectivity index (χ1) is 8.74. The first-order valence-corrected chi connectivity index (χ1v) is 6.40. The van der Waals surface area contributed by atoms with Crippen LogP contribution in [0.3, 0.4) is 0 Å². The highest BCUT2D eigenvalue weighted by atomic mass is 16.5. The number of anilines is 1. The second kappa shape index (κ2) is 5.87. The highest BCUT2D eigenvalue weighted by Gasteiger charge is 2.26. The van der Waals surface area contributed by atoms with E-state index in [-0.39, 0.29) is 11.8 Å². The molecule has 0 saturated carbocycles. The van der Waals surface area contributed by atoms with Crippen molar-refractivity contribution in [2.75, 3.05) is 25.3 Å². The summed E-state index contributed by atoms with van der Waals surface area (Å²) in [5.41, 5.74) is 5.27. The molecule has 0 aromatic heterocycles. The van der Waals surface area contributed by atoms with Crippen LogP contribution in [0.2, 0.25) is 0 Å². The quantitative estimate of drug-likeness (QED) is 0.882. The number of nitrogens with zero attached hydrogens (tertiary/aromatic N) is 1. The van der Waals surface area contributed by atoms with Gasteiger partial charge in [-0.3, -0.25) is 15.2 Å². The fourth-order valence-corrected chi connectivity index (χ4v) is 2.19. The molecule has 1 aliphatic rings. The molecule has 1 heterocycles. The van der Waals surface area contributed by atoms with E-state index >= 15 is 0 Å². The van der Waals surface area contributed by atoms with Crippen molar-refractivity contribution >= 4 is 11.6 Å². The second-order valence-corrected chi connectivity index (χ2v) is 4.59. The molecule has 4 nitrogen and oxygen atoms in total. The summed E-state index contributed by atoms with van der Waals surface area (Å²) in [6, 6.07) is 8.28. The van der Waals surface area contributed by atoms with E-state index in [1.807, 2.05) is 17.1 Å². The summed E-state index contributed by atoms with van der Waals surface area (Å²) >= 11 is 0. The van der Waals surface area contributed by atoms with Crippen molar-refractivity contribution in [3.05, 3.63) is 29.8 Å². The first-order valence-electron chi connectivity index (χ1n) is 6.40. The molecule has 2 rings (SSSR count). The normalized spacial score (nSPS) is 19.8. The van der Waals surface area contributed by atoms with E-state index < -0.39 is 0 Å². The molecule has 0 aliphatic carbocycles. The molecule has 1 amide bonds. The van der Waals surface area contributed by atoms with Gasteiger partial charge in [-0.2, -0.15) is 0 Å². The number of ether oxygens (including phenoxy) is 1. The van der Waals surface area contributed by atoms with Crippen molar-refractivity contribution in [2.24, 2.45) is 5.92 Å². The van der Waals surface area contributed by atoms with Crippen LogP contribution in [-0.2, 0) is 16.0 Å². The van der Waals surface area contributed by atoms with Crippen LogP contribution in [0.5, 0.6) is 0 Å². The minimum absolute atomic E-state index is 0.0272.